The van der Waals surface area contributed by atoms with Gasteiger partial charge in [-0.25, -0.2) is 4.39 Å². The van der Waals surface area contributed by atoms with E-state index < -0.39 is 0 Å². The molecular weight excluding hydrogens is 255 g/mol. The Morgan fingerprint density at radius 3 is 2.45 bits per heavy atom. The molecular formula is C15H19FN4. The van der Waals surface area contributed by atoms with E-state index in [0.29, 0.717) is 11.9 Å². The van der Waals surface area contributed by atoms with E-state index in [9.17, 15) is 4.39 Å². The lowest BCUT2D eigenvalue weighted by molar-refractivity contribution is 0.173. The summed E-state index contributed by atoms with van der Waals surface area (Å²) in [5.41, 5.74) is 6.81. The number of nitrogen functional groups attached to an aromatic ring is 1. The van der Waals surface area contributed by atoms with E-state index in [1.807, 2.05) is 29.1 Å². The summed E-state index contributed by atoms with van der Waals surface area (Å²) in [7, 11) is 0. The molecule has 106 valence electrons. The van der Waals surface area contributed by atoms with Gasteiger partial charge in [0, 0.05) is 25.8 Å². The molecule has 1 aromatic carbocycles. The van der Waals surface area contributed by atoms with E-state index in [4.69, 9.17) is 5.73 Å². The molecule has 0 radical (unpaired) electrons. The summed E-state index contributed by atoms with van der Waals surface area (Å²) in [6.45, 7) is 2.94. The third-order valence-corrected chi connectivity index (χ3v) is 3.88. The number of rotatable bonds is 3. The molecule has 3 rings (SSSR count). The maximum absolute atomic E-state index is 12.9. The van der Waals surface area contributed by atoms with Crippen molar-refractivity contribution >= 4 is 5.82 Å². The van der Waals surface area contributed by atoms with Crippen molar-refractivity contribution in [3.63, 3.8) is 0 Å². The van der Waals surface area contributed by atoms with Gasteiger partial charge in [-0.15, -0.1) is 0 Å². The molecule has 1 aliphatic rings. The summed E-state index contributed by atoms with van der Waals surface area (Å²) < 4.78 is 14.8. The third-order valence-electron chi connectivity index (χ3n) is 3.88. The summed E-state index contributed by atoms with van der Waals surface area (Å²) in [5, 5.41) is 4.29. The number of likely N-dealkylation sites (tertiary alicyclic amines) is 1. The van der Waals surface area contributed by atoms with Crippen LogP contribution in [-0.2, 0) is 6.54 Å². The predicted octanol–water partition coefficient (Wildman–Crippen LogP) is 2.44. The monoisotopic (exact) mass is 274 g/mol. The molecule has 20 heavy (non-hydrogen) atoms. The summed E-state index contributed by atoms with van der Waals surface area (Å²) in [6, 6.07) is 9.04. The highest BCUT2D eigenvalue weighted by molar-refractivity contribution is 5.24. The fraction of sp³-hybridized carbons (Fsp3) is 0.400. The van der Waals surface area contributed by atoms with Crippen molar-refractivity contribution < 1.29 is 4.39 Å². The van der Waals surface area contributed by atoms with Crippen molar-refractivity contribution in [3.05, 3.63) is 47.9 Å². The zero-order valence-electron chi connectivity index (χ0n) is 11.4. The molecule has 2 aromatic rings. The maximum Gasteiger partial charge on any atom is 0.145 e. The Hall–Kier alpha value is -1.88. The van der Waals surface area contributed by atoms with Crippen LogP contribution in [0, 0.1) is 5.82 Å². The Kier molecular flexibility index (Phi) is 3.69. The maximum atomic E-state index is 12.9. The van der Waals surface area contributed by atoms with Crippen molar-refractivity contribution in [2.45, 2.75) is 25.4 Å². The molecule has 4 nitrogen and oxygen atoms in total. The largest absolute Gasteiger partial charge is 0.382 e. The van der Waals surface area contributed by atoms with Crippen LogP contribution in [-0.4, -0.2) is 27.8 Å². The van der Waals surface area contributed by atoms with E-state index in [0.717, 1.165) is 38.0 Å². The number of halogens is 1. The first-order chi connectivity index (χ1) is 9.70. The van der Waals surface area contributed by atoms with Gasteiger partial charge in [-0.2, -0.15) is 5.10 Å². The first kappa shape index (κ1) is 13.1. The molecule has 2 N–H and O–H groups in total. The first-order valence-corrected chi connectivity index (χ1v) is 6.98. The smallest absolute Gasteiger partial charge is 0.145 e. The second-order valence-corrected chi connectivity index (χ2v) is 5.35. The number of hydrogen-bond donors (Lipinski definition) is 1. The van der Waals surface area contributed by atoms with Gasteiger partial charge >= 0.3 is 0 Å². The Morgan fingerprint density at radius 2 is 1.85 bits per heavy atom. The molecule has 0 aliphatic carbocycles. The van der Waals surface area contributed by atoms with Crippen LogP contribution in [0.5, 0.6) is 0 Å². The summed E-state index contributed by atoms with van der Waals surface area (Å²) >= 11 is 0. The van der Waals surface area contributed by atoms with Crippen LogP contribution in [0.1, 0.15) is 24.4 Å². The molecule has 0 unspecified atom stereocenters. The lowest BCUT2D eigenvalue weighted by Gasteiger charge is -2.32. The van der Waals surface area contributed by atoms with Crippen molar-refractivity contribution in [2.24, 2.45) is 0 Å². The number of anilines is 1. The molecule has 1 aromatic heterocycles. The Morgan fingerprint density at radius 1 is 1.15 bits per heavy atom. The highest BCUT2D eigenvalue weighted by Gasteiger charge is 2.20. The average molecular weight is 274 g/mol. The summed E-state index contributed by atoms with van der Waals surface area (Å²) in [6.07, 6.45) is 4.10. The Labute approximate surface area is 118 Å². The minimum Gasteiger partial charge on any atom is -0.382 e. The molecule has 2 heterocycles. The van der Waals surface area contributed by atoms with E-state index in [1.165, 1.54) is 12.1 Å². The van der Waals surface area contributed by atoms with Crippen LogP contribution in [0.2, 0.25) is 0 Å². The molecule has 0 bridgehead atoms. The van der Waals surface area contributed by atoms with Gasteiger partial charge in [0.15, 0.2) is 0 Å². The number of nitrogens with two attached hydrogens (primary N) is 1. The van der Waals surface area contributed by atoms with Gasteiger partial charge < -0.3 is 5.73 Å². The Bertz CT molecular complexity index is 556. The molecule has 1 fully saturated rings. The number of nitrogens with zero attached hydrogens (tertiary/aromatic N) is 3. The van der Waals surface area contributed by atoms with E-state index in [-0.39, 0.29) is 5.82 Å². The fourth-order valence-corrected chi connectivity index (χ4v) is 2.75. The second kappa shape index (κ2) is 5.63. The van der Waals surface area contributed by atoms with E-state index >= 15 is 0 Å². The highest BCUT2D eigenvalue weighted by atomic mass is 19.1. The summed E-state index contributed by atoms with van der Waals surface area (Å²) in [4.78, 5) is 2.40. The lowest BCUT2D eigenvalue weighted by Crippen LogP contribution is -2.34. The van der Waals surface area contributed by atoms with Gasteiger partial charge in [0.1, 0.15) is 11.6 Å². The summed E-state index contributed by atoms with van der Waals surface area (Å²) in [5.74, 6) is 0.405. The van der Waals surface area contributed by atoms with Crippen molar-refractivity contribution in [2.75, 3.05) is 18.8 Å². The first-order valence-electron chi connectivity index (χ1n) is 6.98. The minimum absolute atomic E-state index is 0.177. The zero-order chi connectivity index (χ0) is 13.9. The number of piperidine rings is 1. The van der Waals surface area contributed by atoms with Gasteiger partial charge in [-0.05, 0) is 36.6 Å². The molecule has 0 spiro atoms. The van der Waals surface area contributed by atoms with Gasteiger partial charge in [0.05, 0.1) is 6.04 Å². The van der Waals surface area contributed by atoms with E-state index in [2.05, 4.69) is 10.00 Å². The van der Waals surface area contributed by atoms with Crippen LogP contribution in [0.4, 0.5) is 10.2 Å². The van der Waals surface area contributed by atoms with Gasteiger partial charge in [0.2, 0.25) is 0 Å². The van der Waals surface area contributed by atoms with Crippen LogP contribution in [0.25, 0.3) is 0 Å². The topological polar surface area (TPSA) is 47.1 Å². The minimum atomic E-state index is -0.177. The van der Waals surface area contributed by atoms with Crippen molar-refractivity contribution in [1.82, 2.24) is 14.7 Å². The predicted molar refractivity (Wildman–Crippen MR) is 76.6 cm³/mol. The number of hydrogen-bond acceptors (Lipinski definition) is 3. The van der Waals surface area contributed by atoms with Crippen molar-refractivity contribution in [3.8, 4) is 0 Å². The van der Waals surface area contributed by atoms with Crippen LogP contribution >= 0.6 is 0 Å². The Balaban J connectivity index is 1.54. The van der Waals surface area contributed by atoms with Gasteiger partial charge in [-0.1, -0.05) is 12.1 Å². The number of aromatic nitrogens is 2. The molecule has 5 heteroatoms. The van der Waals surface area contributed by atoms with Gasteiger partial charge in [0.25, 0.3) is 0 Å². The quantitative estimate of drug-likeness (QED) is 0.935. The fourth-order valence-electron chi connectivity index (χ4n) is 2.75. The highest BCUT2D eigenvalue weighted by Crippen LogP contribution is 2.23. The normalized spacial score (nSPS) is 17.4. The number of benzene rings is 1. The zero-order valence-corrected chi connectivity index (χ0v) is 11.4. The molecule has 0 amide bonds. The standard InChI is InChI=1S/C15H19FN4/c16-13-3-1-12(2-4-13)11-19-8-5-14(6-9-19)20-10-7-15(17)18-20/h1-4,7,10,14H,5-6,8-9,11H2,(H2,17,18). The van der Waals surface area contributed by atoms with Crippen molar-refractivity contribution in [1.29, 1.82) is 0 Å². The molecule has 1 aliphatic heterocycles. The third kappa shape index (κ3) is 2.99. The van der Waals surface area contributed by atoms with Crippen LogP contribution < -0.4 is 5.73 Å². The average Bonchev–Trinajstić information content (AvgIpc) is 2.89. The van der Waals surface area contributed by atoms with Gasteiger partial charge in [-0.3, -0.25) is 9.58 Å². The molecule has 1 saturated heterocycles. The molecule has 0 saturated carbocycles. The SMILES string of the molecule is Nc1ccn(C2CCN(Cc3ccc(F)cc3)CC2)n1. The van der Waals surface area contributed by atoms with Crippen LogP contribution in [0.3, 0.4) is 0 Å². The second-order valence-electron chi connectivity index (χ2n) is 5.35. The van der Waals surface area contributed by atoms with E-state index in [1.54, 1.807) is 0 Å². The lowest BCUT2D eigenvalue weighted by atomic mass is 10.0. The molecule has 0 atom stereocenters. The van der Waals surface area contributed by atoms with Crippen LogP contribution in [0.15, 0.2) is 36.5 Å².